The van der Waals surface area contributed by atoms with Crippen molar-refractivity contribution in [3.8, 4) is 22.3 Å². The molecule has 0 heterocycles. The Bertz CT molecular complexity index is 828. The zero-order valence-electron chi connectivity index (χ0n) is 12.7. The molecule has 0 spiro atoms. The van der Waals surface area contributed by atoms with Crippen molar-refractivity contribution in [2.24, 2.45) is 0 Å². The smallest absolute Gasteiger partial charge is 0.0699 e. The summed E-state index contributed by atoms with van der Waals surface area (Å²) in [4.78, 5) is 0. The van der Waals surface area contributed by atoms with Crippen molar-refractivity contribution in [1.82, 2.24) is 0 Å². The van der Waals surface area contributed by atoms with Gasteiger partial charge in [-0.2, -0.15) is 0 Å². The third-order valence-electron chi connectivity index (χ3n) is 3.99. The molecule has 0 bridgehead atoms. The Morgan fingerprint density at radius 3 is 1.70 bits per heavy atom. The number of hydrogen-bond donors (Lipinski definition) is 1. The summed E-state index contributed by atoms with van der Waals surface area (Å²) in [5.74, 6) is 0. The molecule has 3 heteroatoms. The summed E-state index contributed by atoms with van der Waals surface area (Å²) in [5.41, 5.74) is 6.42. The third-order valence-corrected chi connectivity index (χ3v) is 5.86. The van der Waals surface area contributed by atoms with Crippen molar-refractivity contribution in [2.45, 2.75) is 13.5 Å². The lowest BCUT2D eigenvalue weighted by Crippen LogP contribution is -1.99. The quantitative estimate of drug-likeness (QED) is 0.512. The number of aliphatic hydroxyl groups excluding tert-OH is 1. The number of benzene rings is 3. The molecule has 0 unspecified atom stereocenters. The van der Waals surface area contributed by atoms with Crippen LogP contribution in [0.3, 0.4) is 0 Å². The molecular weight excluding hydrogens is 416 g/mol. The van der Waals surface area contributed by atoms with Gasteiger partial charge in [-0.3, -0.25) is 0 Å². The first-order valence-corrected chi connectivity index (χ1v) is 8.96. The monoisotopic (exact) mass is 430 g/mol. The van der Waals surface area contributed by atoms with Gasteiger partial charge in [0.05, 0.1) is 6.61 Å². The second kappa shape index (κ2) is 7.00. The fraction of sp³-hybridized carbons (Fsp3) is 0.100. The van der Waals surface area contributed by atoms with E-state index in [1.165, 1.54) is 0 Å². The highest BCUT2D eigenvalue weighted by Gasteiger charge is 2.20. The molecular formula is C20H16Br2O. The van der Waals surface area contributed by atoms with Crippen LogP contribution in [-0.2, 0) is 6.61 Å². The van der Waals surface area contributed by atoms with E-state index in [4.69, 9.17) is 0 Å². The van der Waals surface area contributed by atoms with Crippen molar-refractivity contribution >= 4 is 31.9 Å². The van der Waals surface area contributed by atoms with Crippen molar-refractivity contribution in [1.29, 1.82) is 0 Å². The topological polar surface area (TPSA) is 20.2 Å². The fourth-order valence-electron chi connectivity index (χ4n) is 2.86. The van der Waals surface area contributed by atoms with E-state index < -0.39 is 0 Å². The van der Waals surface area contributed by atoms with E-state index in [1.54, 1.807) is 0 Å². The van der Waals surface area contributed by atoms with Gasteiger partial charge in [0, 0.05) is 25.6 Å². The summed E-state index contributed by atoms with van der Waals surface area (Å²) in [7, 11) is 0. The van der Waals surface area contributed by atoms with Crippen molar-refractivity contribution < 1.29 is 5.11 Å². The molecule has 0 amide bonds. The molecule has 23 heavy (non-hydrogen) atoms. The zero-order chi connectivity index (χ0) is 16.4. The predicted octanol–water partition coefficient (Wildman–Crippen LogP) is 6.35. The highest BCUT2D eigenvalue weighted by atomic mass is 79.9. The molecule has 0 aliphatic heterocycles. The van der Waals surface area contributed by atoms with Crippen LogP contribution >= 0.6 is 31.9 Å². The molecule has 0 atom stereocenters. The van der Waals surface area contributed by atoms with Gasteiger partial charge in [-0.05, 0) is 55.5 Å². The largest absolute Gasteiger partial charge is 0.392 e. The second-order valence-electron chi connectivity index (χ2n) is 5.37. The van der Waals surface area contributed by atoms with Crippen LogP contribution in [0.4, 0.5) is 0 Å². The highest BCUT2D eigenvalue weighted by molar-refractivity contribution is 9.11. The molecule has 0 saturated carbocycles. The lowest BCUT2D eigenvalue weighted by molar-refractivity contribution is 0.281. The zero-order valence-corrected chi connectivity index (χ0v) is 15.9. The first-order valence-electron chi connectivity index (χ1n) is 7.37. The predicted molar refractivity (Wildman–Crippen MR) is 103 cm³/mol. The minimum absolute atomic E-state index is 0.0243. The van der Waals surface area contributed by atoms with Gasteiger partial charge in [0.15, 0.2) is 0 Å². The van der Waals surface area contributed by atoms with Crippen LogP contribution in [0, 0.1) is 6.92 Å². The molecule has 3 aromatic carbocycles. The van der Waals surface area contributed by atoms with E-state index in [2.05, 4.69) is 63.0 Å². The standard InChI is InChI=1S/C20H16Br2O/c1-13-17(14-8-4-2-5-9-14)20(22)16(12-23)18(19(13)21)15-10-6-3-7-11-15/h2-11,23H,12H2,1H3. The highest BCUT2D eigenvalue weighted by Crippen LogP contribution is 2.45. The molecule has 0 saturated heterocycles. The van der Waals surface area contributed by atoms with E-state index in [1.807, 2.05) is 36.4 Å². The summed E-state index contributed by atoms with van der Waals surface area (Å²) in [6.45, 7) is 2.08. The molecule has 1 N–H and O–H groups in total. The van der Waals surface area contributed by atoms with Gasteiger partial charge < -0.3 is 5.11 Å². The van der Waals surface area contributed by atoms with E-state index in [9.17, 15) is 5.11 Å². The Kier molecular flexibility index (Phi) is 5.00. The fourth-order valence-corrected chi connectivity index (χ4v) is 4.37. The Balaban J connectivity index is 2.34. The number of hydrogen-bond acceptors (Lipinski definition) is 1. The Morgan fingerprint density at radius 1 is 0.739 bits per heavy atom. The van der Waals surface area contributed by atoms with E-state index >= 15 is 0 Å². The Labute approximate surface area is 153 Å². The third kappa shape index (κ3) is 3.01. The lowest BCUT2D eigenvalue weighted by atomic mass is 9.91. The van der Waals surface area contributed by atoms with Crippen LogP contribution in [0.15, 0.2) is 69.6 Å². The van der Waals surface area contributed by atoms with Gasteiger partial charge >= 0.3 is 0 Å². The van der Waals surface area contributed by atoms with Crippen LogP contribution in [0.2, 0.25) is 0 Å². The molecule has 1 nitrogen and oxygen atoms in total. The molecule has 0 radical (unpaired) electrons. The van der Waals surface area contributed by atoms with E-state index in [0.717, 1.165) is 42.3 Å². The molecule has 0 aliphatic carbocycles. The minimum atomic E-state index is -0.0243. The van der Waals surface area contributed by atoms with Gasteiger partial charge in [-0.1, -0.05) is 60.7 Å². The van der Waals surface area contributed by atoms with Crippen LogP contribution in [0.1, 0.15) is 11.1 Å². The van der Waals surface area contributed by atoms with Crippen LogP contribution in [0.25, 0.3) is 22.3 Å². The molecule has 3 aromatic rings. The molecule has 0 aromatic heterocycles. The van der Waals surface area contributed by atoms with Gasteiger partial charge in [0.1, 0.15) is 0 Å². The molecule has 3 rings (SSSR count). The average molecular weight is 432 g/mol. The van der Waals surface area contributed by atoms with Gasteiger partial charge in [-0.25, -0.2) is 0 Å². The summed E-state index contributed by atoms with van der Waals surface area (Å²) in [6.07, 6.45) is 0. The molecule has 0 fully saturated rings. The summed E-state index contributed by atoms with van der Waals surface area (Å²) < 4.78 is 1.97. The first-order chi connectivity index (χ1) is 11.1. The lowest BCUT2D eigenvalue weighted by Gasteiger charge is -2.20. The normalized spacial score (nSPS) is 10.8. The number of aliphatic hydroxyl groups is 1. The molecule has 116 valence electrons. The first kappa shape index (κ1) is 16.4. The maximum absolute atomic E-state index is 10.00. The van der Waals surface area contributed by atoms with Crippen molar-refractivity contribution in [3.63, 3.8) is 0 Å². The minimum Gasteiger partial charge on any atom is -0.392 e. The maximum Gasteiger partial charge on any atom is 0.0699 e. The van der Waals surface area contributed by atoms with Crippen LogP contribution in [-0.4, -0.2) is 5.11 Å². The van der Waals surface area contributed by atoms with Crippen LogP contribution in [0.5, 0.6) is 0 Å². The summed E-state index contributed by atoms with van der Waals surface area (Å²) in [6, 6.07) is 20.4. The van der Waals surface area contributed by atoms with Crippen LogP contribution < -0.4 is 0 Å². The SMILES string of the molecule is Cc1c(Br)c(-c2ccccc2)c(CO)c(Br)c1-c1ccccc1. The molecule has 0 aliphatic rings. The average Bonchev–Trinajstić information content (AvgIpc) is 2.59. The van der Waals surface area contributed by atoms with E-state index in [0.29, 0.717) is 0 Å². The maximum atomic E-state index is 10.00. The van der Waals surface area contributed by atoms with E-state index in [-0.39, 0.29) is 6.61 Å². The second-order valence-corrected chi connectivity index (χ2v) is 6.96. The summed E-state index contributed by atoms with van der Waals surface area (Å²) in [5, 5.41) is 10.00. The Morgan fingerprint density at radius 2 is 1.22 bits per heavy atom. The van der Waals surface area contributed by atoms with Crippen molar-refractivity contribution in [2.75, 3.05) is 0 Å². The van der Waals surface area contributed by atoms with Crippen molar-refractivity contribution in [3.05, 3.63) is 80.7 Å². The number of rotatable bonds is 3. The number of halogens is 2. The summed E-state index contributed by atoms with van der Waals surface area (Å²) >= 11 is 7.49. The van der Waals surface area contributed by atoms with Gasteiger partial charge in [0.2, 0.25) is 0 Å². The van der Waals surface area contributed by atoms with Gasteiger partial charge in [-0.15, -0.1) is 0 Å². The Hall–Kier alpha value is -1.42. The van der Waals surface area contributed by atoms with Gasteiger partial charge in [0.25, 0.3) is 0 Å².